The molecule has 0 aromatic heterocycles. The van der Waals surface area contributed by atoms with E-state index < -0.39 is 53.7 Å². The van der Waals surface area contributed by atoms with Gasteiger partial charge in [-0.1, -0.05) is 136 Å². The van der Waals surface area contributed by atoms with Crippen LogP contribution in [0, 0.1) is 11.8 Å². The van der Waals surface area contributed by atoms with E-state index in [4.69, 9.17) is 4.74 Å². The largest absolute Gasteiger partial charge is 0.444 e. The Bertz CT molecular complexity index is 2570. The fourth-order valence-corrected chi connectivity index (χ4v) is 11.4. The monoisotopic (exact) mass is 1090 g/mol. The van der Waals surface area contributed by atoms with Gasteiger partial charge in [-0.3, -0.25) is 24.0 Å². The smallest absolute Gasteiger partial charge is 0.407 e. The third-order valence-corrected chi connectivity index (χ3v) is 15.4. The van der Waals surface area contributed by atoms with Gasteiger partial charge in [-0.05, 0) is 101 Å². The number of rotatable bonds is 30. The molecule has 4 aromatic rings. The van der Waals surface area contributed by atoms with E-state index in [1.54, 1.807) is 69.3 Å². The van der Waals surface area contributed by atoms with Crippen molar-refractivity contribution in [3.63, 3.8) is 0 Å². The van der Waals surface area contributed by atoms with Gasteiger partial charge in [-0.15, -0.1) is 0 Å². The Kier molecular flexibility index (Phi) is 23.6. The molecule has 8 N–H and O–H groups in total. The number of benzene rings is 4. The number of urea groups is 1. The van der Waals surface area contributed by atoms with Crippen LogP contribution in [0.5, 0.6) is 0 Å². The highest BCUT2D eigenvalue weighted by molar-refractivity contribution is 8.00. The number of carbonyl (C=O) groups excluding carboxylic acids is 7. The predicted molar refractivity (Wildman–Crippen MR) is 305 cm³/mol. The van der Waals surface area contributed by atoms with Gasteiger partial charge >= 0.3 is 12.1 Å². The van der Waals surface area contributed by atoms with Crippen LogP contribution < -0.4 is 37.2 Å². The minimum absolute atomic E-state index is 0.0155. The normalized spacial score (nSPS) is 17.7. The Morgan fingerprint density at radius 2 is 1.23 bits per heavy atom. The molecule has 4 aromatic carbocycles. The van der Waals surface area contributed by atoms with Crippen LogP contribution in [-0.4, -0.2) is 113 Å². The van der Waals surface area contributed by atoms with Gasteiger partial charge in [0.2, 0.25) is 23.6 Å². The summed E-state index contributed by atoms with van der Waals surface area (Å²) in [6, 6.07) is 32.0. The molecule has 2 saturated heterocycles. The molecule has 2 heterocycles. The Morgan fingerprint density at radius 3 is 1.87 bits per heavy atom. The van der Waals surface area contributed by atoms with Crippen molar-refractivity contribution in [2.45, 2.75) is 159 Å². The summed E-state index contributed by atoms with van der Waals surface area (Å²) in [6.45, 7) is 9.99. The van der Waals surface area contributed by atoms with Gasteiger partial charge in [-0.25, -0.2) is 9.59 Å². The van der Waals surface area contributed by atoms with Crippen LogP contribution in [0.1, 0.15) is 125 Å². The SMILES string of the molecule is CC(C)C[C@H](NC(=O)[C@H](Cc1ccccc1)C[C@@H](O)[C@H](Cc1ccc(C(=O)c2ccccc2)cc1)NC(=O)OC(C)(C)C)C(=O)N[C@@H](Cc1ccccc1)C(=O)NCCCCCNC(=O)CCCCC1SC[C@H]2NC(=O)N[C@@H]12. The molecule has 7 amide bonds. The van der Waals surface area contributed by atoms with E-state index in [1.807, 2.05) is 92.3 Å². The van der Waals surface area contributed by atoms with Gasteiger partial charge in [-0.2, -0.15) is 11.8 Å². The van der Waals surface area contributed by atoms with Gasteiger partial charge in [0.1, 0.15) is 17.7 Å². The van der Waals surface area contributed by atoms with Crippen LogP contribution in [0.15, 0.2) is 115 Å². The average molecular weight is 1090 g/mol. The van der Waals surface area contributed by atoms with Crippen molar-refractivity contribution in [1.82, 2.24) is 37.2 Å². The van der Waals surface area contributed by atoms with E-state index in [9.17, 15) is 38.7 Å². The molecular weight excluding hydrogens is 1010 g/mol. The van der Waals surface area contributed by atoms with Crippen molar-refractivity contribution in [1.29, 1.82) is 0 Å². The minimum Gasteiger partial charge on any atom is -0.444 e. The highest BCUT2D eigenvalue weighted by Gasteiger charge is 2.42. The van der Waals surface area contributed by atoms with Crippen molar-refractivity contribution in [3.05, 3.63) is 143 Å². The second kappa shape index (κ2) is 30.4. The third kappa shape index (κ3) is 20.3. The van der Waals surface area contributed by atoms with Crippen LogP contribution in [0.25, 0.3) is 0 Å². The number of hydrogen-bond donors (Lipinski definition) is 8. The maximum Gasteiger partial charge on any atom is 0.407 e. The van der Waals surface area contributed by atoms with E-state index in [2.05, 4.69) is 37.2 Å². The molecule has 17 heteroatoms. The van der Waals surface area contributed by atoms with E-state index in [1.165, 1.54) is 0 Å². The molecule has 420 valence electrons. The lowest BCUT2D eigenvalue weighted by molar-refractivity contribution is -0.134. The second-order valence-electron chi connectivity index (χ2n) is 22.0. The van der Waals surface area contributed by atoms with Crippen molar-refractivity contribution < 1.29 is 43.4 Å². The maximum atomic E-state index is 14.7. The zero-order valence-corrected chi connectivity index (χ0v) is 46.7. The van der Waals surface area contributed by atoms with Crippen LogP contribution in [0.3, 0.4) is 0 Å². The van der Waals surface area contributed by atoms with Crippen LogP contribution >= 0.6 is 11.8 Å². The molecule has 2 fully saturated rings. The number of aliphatic hydroxyl groups is 1. The molecule has 0 radical (unpaired) electrons. The Hall–Kier alpha value is -6.72. The van der Waals surface area contributed by atoms with E-state index in [0.717, 1.165) is 54.5 Å². The summed E-state index contributed by atoms with van der Waals surface area (Å²) in [7, 11) is 0. The average Bonchev–Trinajstić information content (AvgIpc) is 4.00. The number of hydrogen-bond acceptors (Lipinski definition) is 10. The van der Waals surface area contributed by atoms with Gasteiger partial charge in [0.25, 0.3) is 0 Å². The fraction of sp³-hybridized carbons (Fsp3) is 0.492. The van der Waals surface area contributed by atoms with Crippen LogP contribution in [0.2, 0.25) is 0 Å². The number of fused-ring (bicyclic) bond motifs is 1. The number of unbranched alkanes of at least 4 members (excludes halogenated alkanes) is 3. The molecule has 8 atom stereocenters. The summed E-state index contributed by atoms with van der Waals surface area (Å²) in [5, 5.41) is 33.3. The number of alkyl carbamates (subject to hydrolysis) is 1. The standard InChI is InChI=1S/C61H81N7O9S/c1-40(2)34-48(58(74)65-49(37-42-22-12-7-13-23-42)57(73)63-33-19-9-18-32-62-53(70)27-17-16-26-52-54-50(39-78-52)66-59(75)68-54)64-56(72)46(35-41-20-10-6-11-21-41)38-51(69)47(67-60(76)77-61(3,4)5)36-43-28-30-45(31-29-43)55(71)44-24-14-8-15-25-44/h6-8,10-15,20-25,28-31,40,46-52,54,69H,9,16-19,26-27,32-39H2,1-5H3,(H,62,70)(H,63,73)(H,64,72)(H,65,74)(H,67,76)(H2,66,68,75)/t46-,47+,48+,49+,50-,51-,52?,54-/m1/s1. The Morgan fingerprint density at radius 1 is 0.641 bits per heavy atom. The zero-order valence-electron chi connectivity index (χ0n) is 45.9. The molecule has 0 saturated carbocycles. The Balaban J connectivity index is 1.06. The number of ketones is 1. The topological polar surface area (TPSA) is 233 Å². The maximum absolute atomic E-state index is 14.7. The summed E-state index contributed by atoms with van der Waals surface area (Å²) in [5.74, 6) is -1.47. The molecule has 0 bridgehead atoms. The van der Waals surface area contributed by atoms with Crippen molar-refractivity contribution >= 4 is 53.3 Å². The molecule has 78 heavy (non-hydrogen) atoms. The number of thioether (sulfide) groups is 1. The lowest BCUT2D eigenvalue weighted by Crippen LogP contribution is -2.56. The molecule has 16 nitrogen and oxygen atoms in total. The number of ether oxygens (including phenoxy) is 1. The number of carbonyl (C=O) groups is 7. The first-order chi connectivity index (χ1) is 37.4. The fourth-order valence-electron chi connectivity index (χ4n) is 9.86. The van der Waals surface area contributed by atoms with Gasteiger partial charge in [0.15, 0.2) is 5.78 Å². The lowest BCUT2D eigenvalue weighted by atomic mass is 9.88. The lowest BCUT2D eigenvalue weighted by Gasteiger charge is -2.30. The predicted octanol–water partition coefficient (Wildman–Crippen LogP) is 7.35. The van der Waals surface area contributed by atoms with Crippen molar-refractivity contribution in [3.8, 4) is 0 Å². The molecule has 0 spiro atoms. The zero-order chi connectivity index (χ0) is 56.0. The summed E-state index contributed by atoms with van der Waals surface area (Å²) < 4.78 is 5.61. The highest BCUT2D eigenvalue weighted by Crippen LogP contribution is 2.33. The summed E-state index contributed by atoms with van der Waals surface area (Å²) >= 11 is 1.87. The molecular formula is C61H81N7O9S. The van der Waals surface area contributed by atoms with E-state index in [0.29, 0.717) is 42.3 Å². The number of aliphatic hydroxyl groups excluding tert-OH is 1. The van der Waals surface area contributed by atoms with Crippen molar-refractivity contribution in [2.75, 3.05) is 18.8 Å². The van der Waals surface area contributed by atoms with Gasteiger partial charge < -0.3 is 47.1 Å². The molecule has 1 unspecified atom stereocenters. The summed E-state index contributed by atoms with van der Waals surface area (Å²) in [6.07, 6.45) is 4.00. The molecule has 2 aliphatic heterocycles. The van der Waals surface area contributed by atoms with E-state index >= 15 is 0 Å². The summed E-state index contributed by atoms with van der Waals surface area (Å²) in [5.41, 5.74) is 2.59. The van der Waals surface area contributed by atoms with E-state index in [-0.39, 0.29) is 73.7 Å². The van der Waals surface area contributed by atoms with Gasteiger partial charge in [0, 0.05) is 54.0 Å². The summed E-state index contributed by atoms with van der Waals surface area (Å²) in [4.78, 5) is 93.7. The molecule has 6 rings (SSSR count). The minimum atomic E-state index is -1.27. The van der Waals surface area contributed by atoms with Crippen molar-refractivity contribution in [2.24, 2.45) is 11.8 Å². The number of nitrogens with one attached hydrogen (secondary N) is 7. The molecule has 0 aliphatic carbocycles. The molecule has 2 aliphatic rings. The first-order valence-corrected chi connectivity index (χ1v) is 28.7. The first-order valence-electron chi connectivity index (χ1n) is 27.7. The van der Waals surface area contributed by atoms with Crippen LogP contribution in [0.4, 0.5) is 9.59 Å². The van der Waals surface area contributed by atoms with Gasteiger partial charge in [0.05, 0.1) is 24.2 Å². The highest BCUT2D eigenvalue weighted by atomic mass is 32.2. The first kappa shape index (κ1) is 60.5. The third-order valence-electron chi connectivity index (χ3n) is 13.9. The quantitative estimate of drug-likeness (QED) is 0.0147. The number of amides is 7. The Labute approximate surface area is 464 Å². The van der Waals surface area contributed by atoms with Crippen LogP contribution in [-0.2, 0) is 43.2 Å². The second-order valence-corrected chi connectivity index (χ2v) is 23.3.